The van der Waals surface area contributed by atoms with E-state index in [9.17, 15) is 4.79 Å². The standard InChI is InChI=1S/C15H16Cl2N4O.2ClH/c16-11-3-1-9(5-12(11)17)6-13(18)15(22)21-8-10-2-4-14(19)20-7-10;;/h1-5,7,13H,6,8,18H2,(H2,19,20)(H,21,22);2*1H. The van der Waals surface area contributed by atoms with Gasteiger partial charge in [-0.15, -0.1) is 24.8 Å². The molecule has 1 amide bonds. The molecule has 0 saturated carbocycles. The maximum absolute atomic E-state index is 12.0. The molecule has 0 aliphatic carbocycles. The molecule has 132 valence electrons. The zero-order valence-electron chi connectivity index (χ0n) is 12.5. The van der Waals surface area contributed by atoms with E-state index in [4.69, 9.17) is 34.7 Å². The Morgan fingerprint density at radius 1 is 1.12 bits per heavy atom. The van der Waals surface area contributed by atoms with Gasteiger partial charge >= 0.3 is 0 Å². The predicted octanol–water partition coefficient (Wildman–Crippen LogP) is 3.00. The molecule has 24 heavy (non-hydrogen) atoms. The zero-order chi connectivity index (χ0) is 16.1. The second kappa shape index (κ2) is 10.6. The molecule has 5 N–H and O–H groups in total. The summed E-state index contributed by atoms with van der Waals surface area (Å²) in [6.45, 7) is 0.348. The lowest BCUT2D eigenvalue weighted by Crippen LogP contribution is -2.41. The molecule has 0 fully saturated rings. The maximum atomic E-state index is 12.0. The number of nitrogens with one attached hydrogen (secondary N) is 1. The Bertz CT molecular complexity index is 667. The van der Waals surface area contributed by atoms with Crippen molar-refractivity contribution in [3.8, 4) is 0 Å². The average molecular weight is 412 g/mol. The summed E-state index contributed by atoms with van der Waals surface area (Å²) < 4.78 is 0. The van der Waals surface area contributed by atoms with Gasteiger partial charge in [0.1, 0.15) is 5.82 Å². The number of aromatic nitrogens is 1. The van der Waals surface area contributed by atoms with E-state index in [1.54, 1.807) is 36.5 Å². The fourth-order valence-corrected chi connectivity index (χ4v) is 2.19. The van der Waals surface area contributed by atoms with Crippen molar-refractivity contribution in [2.24, 2.45) is 5.73 Å². The summed E-state index contributed by atoms with van der Waals surface area (Å²) in [6, 6.07) is 8.00. The highest BCUT2D eigenvalue weighted by Gasteiger charge is 2.14. The van der Waals surface area contributed by atoms with Gasteiger partial charge in [0.25, 0.3) is 0 Å². The van der Waals surface area contributed by atoms with Crippen molar-refractivity contribution in [3.63, 3.8) is 0 Å². The molecule has 0 aliphatic heterocycles. The van der Waals surface area contributed by atoms with Crippen LogP contribution in [0.25, 0.3) is 0 Å². The largest absolute Gasteiger partial charge is 0.384 e. The molecule has 1 aromatic heterocycles. The molecule has 2 aromatic rings. The molecule has 0 saturated heterocycles. The Hall–Kier alpha value is -1.24. The highest BCUT2D eigenvalue weighted by Crippen LogP contribution is 2.23. The molecule has 1 atom stereocenters. The third-order valence-corrected chi connectivity index (χ3v) is 3.83. The summed E-state index contributed by atoms with van der Waals surface area (Å²) in [4.78, 5) is 16.0. The van der Waals surface area contributed by atoms with E-state index in [0.29, 0.717) is 28.8 Å². The highest BCUT2D eigenvalue weighted by molar-refractivity contribution is 6.42. The number of anilines is 1. The first-order chi connectivity index (χ1) is 10.5. The Labute approximate surface area is 162 Å². The number of nitrogen functional groups attached to an aromatic ring is 1. The van der Waals surface area contributed by atoms with E-state index in [2.05, 4.69) is 10.3 Å². The molecule has 0 bridgehead atoms. The number of hydrogen-bond donors (Lipinski definition) is 3. The quantitative estimate of drug-likeness (QED) is 0.704. The van der Waals surface area contributed by atoms with Gasteiger partial charge in [0.05, 0.1) is 16.1 Å². The van der Waals surface area contributed by atoms with E-state index in [1.807, 2.05) is 0 Å². The number of hydrogen-bond acceptors (Lipinski definition) is 4. The van der Waals surface area contributed by atoms with Crippen LogP contribution in [0.2, 0.25) is 10.0 Å². The molecule has 2 rings (SSSR count). The second-order valence-corrected chi connectivity index (χ2v) is 5.68. The van der Waals surface area contributed by atoms with Gasteiger partial charge in [0.2, 0.25) is 5.91 Å². The molecule has 0 spiro atoms. The fraction of sp³-hybridized carbons (Fsp3) is 0.200. The Morgan fingerprint density at radius 3 is 2.38 bits per heavy atom. The third kappa shape index (κ3) is 6.71. The maximum Gasteiger partial charge on any atom is 0.237 e. The number of benzene rings is 1. The van der Waals surface area contributed by atoms with Crippen molar-refractivity contribution >= 4 is 59.7 Å². The lowest BCUT2D eigenvalue weighted by Gasteiger charge is -2.13. The van der Waals surface area contributed by atoms with Crippen LogP contribution in [0.15, 0.2) is 36.5 Å². The summed E-state index contributed by atoms with van der Waals surface area (Å²) in [7, 11) is 0. The van der Waals surface area contributed by atoms with E-state index in [0.717, 1.165) is 11.1 Å². The van der Waals surface area contributed by atoms with Crippen LogP contribution in [0.4, 0.5) is 5.82 Å². The van der Waals surface area contributed by atoms with E-state index in [1.165, 1.54) is 0 Å². The Morgan fingerprint density at radius 2 is 1.79 bits per heavy atom. The summed E-state index contributed by atoms with van der Waals surface area (Å²) >= 11 is 11.8. The number of amides is 1. The van der Waals surface area contributed by atoms with Gasteiger partial charge in [-0.2, -0.15) is 0 Å². The van der Waals surface area contributed by atoms with Crippen LogP contribution >= 0.6 is 48.0 Å². The van der Waals surface area contributed by atoms with E-state index >= 15 is 0 Å². The van der Waals surface area contributed by atoms with Crippen LogP contribution in [0.3, 0.4) is 0 Å². The molecule has 5 nitrogen and oxygen atoms in total. The van der Waals surface area contributed by atoms with Gasteiger partial charge in [-0.25, -0.2) is 4.98 Å². The van der Waals surface area contributed by atoms with Crippen LogP contribution in [0.1, 0.15) is 11.1 Å². The molecule has 1 aromatic carbocycles. The number of nitrogens with two attached hydrogens (primary N) is 2. The van der Waals surface area contributed by atoms with Crippen LogP contribution in [0, 0.1) is 0 Å². The van der Waals surface area contributed by atoms with E-state index in [-0.39, 0.29) is 30.7 Å². The molecule has 1 unspecified atom stereocenters. The van der Waals surface area contributed by atoms with Crippen molar-refractivity contribution in [1.29, 1.82) is 0 Å². The van der Waals surface area contributed by atoms with Gasteiger partial charge in [0.15, 0.2) is 0 Å². The van der Waals surface area contributed by atoms with Gasteiger partial charge in [-0.3, -0.25) is 4.79 Å². The lowest BCUT2D eigenvalue weighted by molar-refractivity contribution is -0.122. The van der Waals surface area contributed by atoms with E-state index < -0.39 is 6.04 Å². The van der Waals surface area contributed by atoms with Crippen molar-refractivity contribution < 1.29 is 4.79 Å². The second-order valence-electron chi connectivity index (χ2n) is 4.87. The number of halogens is 4. The highest BCUT2D eigenvalue weighted by atomic mass is 35.5. The average Bonchev–Trinajstić information content (AvgIpc) is 2.50. The monoisotopic (exact) mass is 410 g/mol. The predicted molar refractivity (Wildman–Crippen MR) is 103 cm³/mol. The minimum atomic E-state index is -0.668. The first-order valence-corrected chi connectivity index (χ1v) is 7.39. The van der Waals surface area contributed by atoms with Crippen LogP contribution in [0.5, 0.6) is 0 Å². The van der Waals surface area contributed by atoms with Crippen molar-refractivity contribution in [1.82, 2.24) is 10.3 Å². The van der Waals surface area contributed by atoms with Gasteiger partial charge in [-0.1, -0.05) is 35.3 Å². The fourth-order valence-electron chi connectivity index (χ4n) is 1.87. The smallest absolute Gasteiger partial charge is 0.237 e. The van der Waals surface area contributed by atoms with Crippen molar-refractivity contribution in [3.05, 3.63) is 57.7 Å². The van der Waals surface area contributed by atoms with Gasteiger partial charge in [-0.05, 0) is 35.7 Å². The number of nitrogens with zero attached hydrogens (tertiary/aromatic N) is 1. The SMILES string of the molecule is Cl.Cl.Nc1ccc(CNC(=O)C(N)Cc2ccc(Cl)c(Cl)c2)cn1. The third-order valence-electron chi connectivity index (χ3n) is 3.09. The molecule has 9 heteroatoms. The number of carbonyl (C=O) groups is 1. The first-order valence-electron chi connectivity index (χ1n) is 6.63. The summed E-state index contributed by atoms with van der Waals surface area (Å²) in [5.41, 5.74) is 13.1. The number of carbonyl (C=O) groups excluding carboxylic acids is 1. The van der Waals surface area contributed by atoms with Gasteiger partial charge in [0, 0.05) is 12.7 Å². The Balaban J connectivity index is 0.00000264. The van der Waals surface area contributed by atoms with Gasteiger partial charge < -0.3 is 16.8 Å². The number of rotatable bonds is 5. The normalized spacial score (nSPS) is 11.0. The number of pyridine rings is 1. The summed E-state index contributed by atoms with van der Waals surface area (Å²) in [5, 5.41) is 3.68. The molecular formula is C15H18Cl4N4O. The van der Waals surface area contributed by atoms with Crippen LogP contribution < -0.4 is 16.8 Å². The van der Waals surface area contributed by atoms with Crippen molar-refractivity contribution in [2.45, 2.75) is 19.0 Å². The minimum absolute atomic E-state index is 0. The summed E-state index contributed by atoms with van der Waals surface area (Å²) in [6.07, 6.45) is 1.99. The topological polar surface area (TPSA) is 94.0 Å². The lowest BCUT2D eigenvalue weighted by atomic mass is 10.1. The zero-order valence-corrected chi connectivity index (χ0v) is 15.7. The van der Waals surface area contributed by atoms with Crippen LogP contribution in [-0.4, -0.2) is 16.9 Å². The van der Waals surface area contributed by atoms with Crippen molar-refractivity contribution in [2.75, 3.05) is 5.73 Å². The molecule has 1 heterocycles. The molecular weight excluding hydrogens is 394 g/mol. The Kier molecular flexibility index (Phi) is 10.0. The summed E-state index contributed by atoms with van der Waals surface area (Å²) in [5.74, 6) is 0.189. The molecule has 0 aliphatic rings. The first kappa shape index (κ1) is 22.8. The minimum Gasteiger partial charge on any atom is -0.384 e. The molecule has 0 radical (unpaired) electrons. The van der Waals surface area contributed by atoms with Crippen LogP contribution in [-0.2, 0) is 17.8 Å².